The molecule has 0 saturated carbocycles. The van der Waals surface area contributed by atoms with Gasteiger partial charge in [-0.15, -0.1) is 0 Å². The van der Waals surface area contributed by atoms with E-state index >= 15 is 0 Å². The lowest BCUT2D eigenvalue weighted by atomic mass is 10.1. The van der Waals surface area contributed by atoms with Crippen LogP contribution in [0.3, 0.4) is 0 Å². The third kappa shape index (κ3) is 2.07. The number of hydrogen-bond donors (Lipinski definition) is 1. The zero-order chi connectivity index (χ0) is 10.7. The minimum atomic E-state index is 0.345. The lowest BCUT2D eigenvalue weighted by Gasteiger charge is -2.40. The van der Waals surface area contributed by atoms with E-state index in [1.54, 1.807) is 14.2 Å². The van der Waals surface area contributed by atoms with Gasteiger partial charge >= 0.3 is 0 Å². The van der Waals surface area contributed by atoms with Crippen LogP contribution in [0, 0.1) is 0 Å². The highest BCUT2D eigenvalue weighted by Crippen LogP contribution is 2.16. The lowest BCUT2D eigenvalue weighted by Crippen LogP contribution is -2.54. The van der Waals surface area contributed by atoms with E-state index in [2.05, 4.69) is 9.89 Å². The van der Waals surface area contributed by atoms with Gasteiger partial charge in [-0.25, -0.2) is 0 Å². The molecule has 0 aromatic heterocycles. The summed E-state index contributed by atoms with van der Waals surface area (Å²) in [6.07, 6.45) is 0.345. The first-order chi connectivity index (χ1) is 6.60. The number of likely N-dealkylation sites (tertiary alicyclic amines) is 1. The summed E-state index contributed by atoms with van der Waals surface area (Å²) in [4.78, 5) is 6.43. The minimum Gasteiger partial charge on any atom is -0.402 e. The van der Waals surface area contributed by atoms with Gasteiger partial charge in [0.15, 0.2) is 0 Å². The molecule has 0 bridgehead atoms. The van der Waals surface area contributed by atoms with Gasteiger partial charge in [-0.05, 0) is 13.8 Å². The summed E-state index contributed by atoms with van der Waals surface area (Å²) in [5, 5.41) is 0. The molecule has 1 rings (SSSR count). The predicted octanol–water partition coefficient (Wildman–Crippen LogP) is 0.598. The highest BCUT2D eigenvalue weighted by atomic mass is 16.5. The van der Waals surface area contributed by atoms with Gasteiger partial charge in [-0.2, -0.15) is 0 Å². The molecule has 0 aromatic carbocycles. The molecule has 80 valence electrons. The number of amidine groups is 1. The highest BCUT2D eigenvalue weighted by Gasteiger charge is 2.29. The Bertz CT molecular complexity index is 261. The molecule has 0 spiro atoms. The smallest absolute Gasteiger partial charge is 0.128 e. The summed E-state index contributed by atoms with van der Waals surface area (Å²) < 4.78 is 5.21. The van der Waals surface area contributed by atoms with Crippen LogP contribution in [0.25, 0.3) is 0 Å². The summed E-state index contributed by atoms with van der Waals surface area (Å²) in [5.74, 6) is 0.985. The topological polar surface area (TPSA) is 50.8 Å². The Labute approximate surface area is 85.4 Å². The quantitative estimate of drug-likeness (QED) is 0.521. The van der Waals surface area contributed by atoms with Gasteiger partial charge < -0.3 is 15.4 Å². The maximum absolute atomic E-state index is 5.74. The first kappa shape index (κ1) is 11.0. The first-order valence-corrected chi connectivity index (χ1v) is 4.78. The molecule has 1 aliphatic heterocycles. The number of nitrogens with zero attached hydrogens (tertiary/aromatic N) is 2. The molecule has 1 fully saturated rings. The molecule has 4 heteroatoms. The molecule has 2 N–H and O–H groups in total. The average molecular weight is 197 g/mol. The number of hydrogen-bond acceptors (Lipinski definition) is 3. The molecular formula is C10H19N3O. The van der Waals surface area contributed by atoms with Crippen LogP contribution in [0.15, 0.2) is 16.3 Å². The molecule has 1 saturated heterocycles. The average Bonchev–Trinajstić information content (AvgIpc) is 2.09. The number of aliphatic imine (C=N–C) groups is 1. The summed E-state index contributed by atoms with van der Waals surface area (Å²) in [6.45, 7) is 5.72. The molecule has 4 nitrogen and oxygen atoms in total. The van der Waals surface area contributed by atoms with Crippen LogP contribution in [0.2, 0.25) is 0 Å². The third-order valence-electron chi connectivity index (χ3n) is 2.62. The van der Waals surface area contributed by atoms with Crippen molar-refractivity contribution in [3.63, 3.8) is 0 Å². The number of nitrogens with two attached hydrogens (primary N) is 1. The maximum Gasteiger partial charge on any atom is 0.128 e. The van der Waals surface area contributed by atoms with Crippen molar-refractivity contribution in [3.05, 3.63) is 11.3 Å². The van der Waals surface area contributed by atoms with Crippen molar-refractivity contribution in [2.45, 2.75) is 20.0 Å². The molecule has 1 heterocycles. The van der Waals surface area contributed by atoms with E-state index < -0.39 is 0 Å². The normalized spacial score (nSPS) is 20.6. The van der Waals surface area contributed by atoms with Crippen LogP contribution in [0.5, 0.6) is 0 Å². The second-order valence-corrected chi connectivity index (χ2v) is 3.62. The molecule has 14 heavy (non-hydrogen) atoms. The van der Waals surface area contributed by atoms with E-state index in [4.69, 9.17) is 10.5 Å². The molecule has 0 amide bonds. The van der Waals surface area contributed by atoms with Crippen molar-refractivity contribution >= 4 is 5.84 Å². The number of allylic oxidation sites excluding steroid dienone is 1. The van der Waals surface area contributed by atoms with Crippen LogP contribution in [0.4, 0.5) is 0 Å². The van der Waals surface area contributed by atoms with Crippen LogP contribution in [0.1, 0.15) is 13.8 Å². The molecule has 0 unspecified atom stereocenters. The van der Waals surface area contributed by atoms with Crippen molar-refractivity contribution in [2.24, 2.45) is 10.7 Å². The van der Waals surface area contributed by atoms with E-state index in [9.17, 15) is 0 Å². The van der Waals surface area contributed by atoms with Crippen LogP contribution in [-0.2, 0) is 4.74 Å². The predicted molar refractivity (Wildman–Crippen MR) is 58.3 cm³/mol. The van der Waals surface area contributed by atoms with Gasteiger partial charge in [0.2, 0.25) is 0 Å². The SMILES string of the molecule is CN=C(/C(C)=C(/C)N)N1CC(OC)C1. The Morgan fingerprint density at radius 1 is 1.43 bits per heavy atom. The van der Waals surface area contributed by atoms with Crippen LogP contribution >= 0.6 is 0 Å². The monoisotopic (exact) mass is 197 g/mol. The summed E-state index contributed by atoms with van der Waals surface area (Å²) in [6, 6.07) is 0. The summed E-state index contributed by atoms with van der Waals surface area (Å²) in [5.41, 5.74) is 7.62. The van der Waals surface area contributed by atoms with E-state index in [1.807, 2.05) is 13.8 Å². The fourth-order valence-corrected chi connectivity index (χ4v) is 1.48. The van der Waals surface area contributed by atoms with Crippen molar-refractivity contribution in [2.75, 3.05) is 27.2 Å². The van der Waals surface area contributed by atoms with E-state index in [0.717, 1.165) is 30.2 Å². The Kier molecular flexibility index (Phi) is 3.52. The van der Waals surface area contributed by atoms with E-state index in [-0.39, 0.29) is 0 Å². The largest absolute Gasteiger partial charge is 0.402 e. The van der Waals surface area contributed by atoms with Crippen molar-refractivity contribution in [3.8, 4) is 0 Å². The van der Waals surface area contributed by atoms with Crippen molar-refractivity contribution in [1.29, 1.82) is 0 Å². The van der Waals surface area contributed by atoms with Gasteiger partial charge in [0, 0.05) is 38.5 Å². The number of methoxy groups -OCH3 is 1. The molecule has 0 radical (unpaired) electrons. The molecule has 1 aliphatic rings. The Morgan fingerprint density at radius 3 is 2.36 bits per heavy atom. The highest BCUT2D eigenvalue weighted by molar-refractivity contribution is 5.98. The van der Waals surface area contributed by atoms with Crippen molar-refractivity contribution in [1.82, 2.24) is 4.90 Å². The fourth-order valence-electron chi connectivity index (χ4n) is 1.48. The van der Waals surface area contributed by atoms with E-state index in [1.165, 1.54) is 0 Å². The Morgan fingerprint density at radius 2 is 2.00 bits per heavy atom. The minimum absolute atomic E-state index is 0.345. The standard InChI is InChI=1S/C10H19N3O/c1-7(8(2)11)10(12-3)13-5-9(6-13)14-4/h9H,5-6,11H2,1-4H3/b8-7-,12-10?. The van der Waals surface area contributed by atoms with Crippen LogP contribution in [-0.4, -0.2) is 44.1 Å². The number of rotatable bonds is 2. The van der Waals surface area contributed by atoms with E-state index in [0.29, 0.717) is 6.10 Å². The summed E-state index contributed by atoms with van der Waals surface area (Å²) in [7, 11) is 3.53. The van der Waals surface area contributed by atoms with Gasteiger partial charge in [-0.3, -0.25) is 4.99 Å². The molecule has 0 aromatic rings. The summed E-state index contributed by atoms with van der Waals surface area (Å²) >= 11 is 0. The Balaban J connectivity index is 2.64. The van der Waals surface area contributed by atoms with Crippen LogP contribution < -0.4 is 5.73 Å². The second kappa shape index (κ2) is 4.46. The third-order valence-corrected chi connectivity index (χ3v) is 2.62. The molecular weight excluding hydrogens is 178 g/mol. The fraction of sp³-hybridized carbons (Fsp3) is 0.700. The van der Waals surface area contributed by atoms with Gasteiger partial charge in [-0.1, -0.05) is 0 Å². The second-order valence-electron chi connectivity index (χ2n) is 3.62. The zero-order valence-corrected chi connectivity index (χ0v) is 9.37. The zero-order valence-electron chi connectivity index (χ0n) is 9.37. The van der Waals surface area contributed by atoms with Crippen molar-refractivity contribution < 1.29 is 4.74 Å². The maximum atomic E-state index is 5.74. The van der Waals surface area contributed by atoms with Gasteiger partial charge in [0.1, 0.15) is 5.84 Å². The van der Waals surface area contributed by atoms with Gasteiger partial charge in [0.25, 0.3) is 0 Å². The first-order valence-electron chi connectivity index (χ1n) is 4.78. The molecule has 0 aliphatic carbocycles. The number of ether oxygens (including phenoxy) is 1. The van der Waals surface area contributed by atoms with Gasteiger partial charge in [0.05, 0.1) is 6.10 Å². The lowest BCUT2D eigenvalue weighted by molar-refractivity contribution is 0.00594. The Hall–Kier alpha value is -1.03. The molecule has 0 atom stereocenters.